The van der Waals surface area contributed by atoms with Crippen molar-refractivity contribution in [2.45, 2.75) is 19.6 Å². The van der Waals surface area contributed by atoms with E-state index < -0.39 is 0 Å². The van der Waals surface area contributed by atoms with Crippen molar-refractivity contribution in [2.24, 2.45) is 0 Å². The molecule has 0 unspecified atom stereocenters. The minimum Gasteiger partial charge on any atom is -0.507 e. The lowest BCUT2D eigenvalue weighted by Gasteiger charge is -2.14. The quantitative estimate of drug-likeness (QED) is 0.238. The molecule has 1 aromatic carbocycles. The predicted molar refractivity (Wildman–Crippen MR) is 84.5 cm³/mol. The third-order valence-electron chi connectivity index (χ3n) is 3.15. The average molecular weight is 313 g/mol. The largest absolute Gasteiger partial charge is 0.507 e. The second-order valence-corrected chi connectivity index (χ2v) is 4.96. The maximum absolute atomic E-state index is 10.3. The van der Waals surface area contributed by atoms with Crippen molar-refractivity contribution >= 4 is 0 Å². The van der Waals surface area contributed by atoms with Gasteiger partial charge in [-0.2, -0.15) is 0 Å². The summed E-state index contributed by atoms with van der Waals surface area (Å²) in [5, 5.41) is 46.0. The fraction of sp³-hybridized carbons (Fsp3) is 0.600. The van der Waals surface area contributed by atoms with E-state index in [1.807, 2.05) is 12.1 Å². The summed E-state index contributed by atoms with van der Waals surface area (Å²) in [6.45, 7) is 3.13. The van der Waals surface area contributed by atoms with Gasteiger partial charge in [0.1, 0.15) is 5.75 Å². The first kappa shape index (κ1) is 18.8. The van der Waals surface area contributed by atoms with Gasteiger partial charge in [-0.3, -0.25) is 0 Å². The van der Waals surface area contributed by atoms with Gasteiger partial charge in [0.05, 0.1) is 19.8 Å². The number of benzene rings is 1. The Morgan fingerprint density at radius 3 is 1.50 bits per heavy atom. The first-order valence-electron chi connectivity index (χ1n) is 7.51. The maximum atomic E-state index is 10.3. The summed E-state index contributed by atoms with van der Waals surface area (Å²) in [5.41, 5.74) is 2.53. The Bertz CT molecular complexity index is 398. The molecule has 0 fully saturated rings. The van der Waals surface area contributed by atoms with Crippen LogP contribution in [0.15, 0.2) is 12.1 Å². The summed E-state index contributed by atoms with van der Waals surface area (Å²) in [6.07, 6.45) is 0. The Labute approximate surface area is 131 Å². The molecule has 0 aliphatic carbocycles. The third-order valence-corrected chi connectivity index (χ3v) is 3.15. The van der Waals surface area contributed by atoms with Crippen LogP contribution < -0.4 is 16.0 Å². The second kappa shape index (κ2) is 11.4. The van der Waals surface area contributed by atoms with E-state index in [2.05, 4.69) is 16.0 Å². The summed E-state index contributed by atoms with van der Waals surface area (Å²) in [6, 6.07) is 3.80. The van der Waals surface area contributed by atoms with Crippen molar-refractivity contribution in [3.63, 3.8) is 0 Å². The van der Waals surface area contributed by atoms with E-state index in [1.165, 1.54) is 0 Å². The lowest BCUT2D eigenvalue weighted by Crippen LogP contribution is -2.21. The van der Waals surface area contributed by atoms with Gasteiger partial charge in [-0.25, -0.2) is 0 Å². The van der Waals surface area contributed by atoms with Gasteiger partial charge in [-0.15, -0.1) is 0 Å². The second-order valence-electron chi connectivity index (χ2n) is 4.96. The van der Waals surface area contributed by atoms with Crippen LogP contribution in [0.2, 0.25) is 0 Å². The summed E-state index contributed by atoms with van der Waals surface area (Å²) >= 11 is 0. The molecule has 0 amide bonds. The van der Waals surface area contributed by atoms with Crippen LogP contribution in [-0.4, -0.2) is 59.9 Å². The first-order chi connectivity index (χ1) is 10.7. The molecule has 0 radical (unpaired) electrons. The monoisotopic (exact) mass is 313 g/mol. The van der Waals surface area contributed by atoms with Gasteiger partial charge < -0.3 is 36.4 Å². The van der Waals surface area contributed by atoms with Crippen LogP contribution in [-0.2, 0) is 19.6 Å². The van der Waals surface area contributed by atoms with E-state index in [0.717, 1.165) is 16.7 Å². The molecule has 0 bridgehead atoms. The van der Waals surface area contributed by atoms with E-state index in [9.17, 15) is 5.11 Å². The lowest BCUT2D eigenvalue weighted by atomic mass is 10.0. The number of aromatic hydroxyl groups is 1. The van der Waals surface area contributed by atoms with Crippen molar-refractivity contribution in [2.75, 3.05) is 39.5 Å². The van der Waals surface area contributed by atoms with Gasteiger partial charge in [0.15, 0.2) is 0 Å². The van der Waals surface area contributed by atoms with Gasteiger partial charge in [0.25, 0.3) is 0 Å². The average Bonchev–Trinajstić information content (AvgIpc) is 2.52. The number of aliphatic hydroxyl groups excluding tert-OH is 3. The molecule has 0 saturated carbocycles. The van der Waals surface area contributed by atoms with Crippen molar-refractivity contribution < 1.29 is 20.4 Å². The Kier molecular flexibility index (Phi) is 9.72. The van der Waals surface area contributed by atoms with Crippen molar-refractivity contribution in [1.82, 2.24) is 16.0 Å². The maximum Gasteiger partial charge on any atom is 0.124 e. The fourth-order valence-corrected chi connectivity index (χ4v) is 2.12. The normalized spacial score (nSPS) is 11.0. The van der Waals surface area contributed by atoms with Crippen LogP contribution in [0, 0.1) is 0 Å². The molecular weight excluding hydrogens is 286 g/mol. The third kappa shape index (κ3) is 6.69. The van der Waals surface area contributed by atoms with Gasteiger partial charge in [0, 0.05) is 50.4 Å². The molecule has 126 valence electrons. The van der Waals surface area contributed by atoms with Crippen LogP contribution in [0.3, 0.4) is 0 Å². The number of rotatable bonds is 12. The summed E-state index contributed by atoms with van der Waals surface area (Å²) in [5.74, 6) is 0.224. The van der Waals surface area contributed by atoms with Gasteiger partial charge in [-0.1, -0.05) is 0 Å². The molecular formula is C15H27N3O4. The molecule has 7 nitrogen and oxygen atoms in total. The Morgan fingerprint density at radius 2 is 1.09 bits per heavy atom. The zero-order valence-corrected chi connectivity index (χ0v) is 12.8. The number of phenolic OH excluding ortho intramolecular Hbond substituents is 1. The standard InChI is InChI=1S/C15H27N3O4/c19-4-1-16-9-12-7-13(10-17-2-5-20)15(22)14(8-12)11-18-3-6-21/h7-8,16-22H,1-6,9-11H2. The highest BCUT2D eigenvalue weighted by molar-refractivity contribution is 5.44. The van der Waals surface area contributed by atoms with E-state index in [0.29, 0.717) is 39.3 Å². The molecule has 1 aromatic rings. The summed E-state index contributed by atoms with van der Waals surface area (Å²) in [4.78, 5) is 0. The van der Waals surface area contributed by atoms with Crippen molar-refractivity contribution in [3.05, 3.63) is 28.8 Å². The predicted octanol–water partition coefficient (Wildman–Crippen LogP) is -1.36. The van der Waals surface area contributed by atoms with Gasteiger partial charge in [0.2, 0.25) is 0 Å². The number of phenols is 1. The van der Waals surface area contributed by atoms with Gasteiger partial charge in [-0.05, 0) is 17.7 Å². The van der Waals surface area contributed by atoms with Crippen LogP contribution in [0.1, 0.15) is 16.7 Å². The molecule has 7 heteroatoms. The topological polar surface area (TPSA) is 117 Å². The zero-order valence-electron chi connectivity index (χ0n) is 12.8. The number of hydrogen-bond donors (Lipinski definition) is 7. The molecule has 7 N–H and O–H groups in total. The van der Waals surface area contributed by atoms with Gasteiger partial charge >= 0.3 is 0 Å². The number of hydrogen-bond acceptors (Lipinski definition) is 7. The number of nitrogens with one attached hydrogen (secondary N) is 3. The van der Waals surface area contributed by atoms with Crippen LogP contribution in [0.5, 0.6) is 5.75 Å². The van der Waals surface area contributed by atoms with E-state index >= 15 is 0 Å². The Morgan fingerprint density at radius 1 is 0.682 bits per heavy atom. The minimum atomic E-state index is 0.0451. The first-order valence-corrected chi connectivity index (χ1v) is 7.51. The molecule has 0 aromatic heterocycles. The van der Waals surface area contributed by atoms with Crippen molar-refractivity contribution in [3.8, 4) is 5.75 Å². The summed E-state index contributed by atoms with van der Waals surface area (Å²) < 4.78 is 0. The van der Waals surface area contributed by atoms with E-state index in [4.69, 9.17) is 15.3 Å². The van der Waals surface area contributed by atoms with E-state index in [1.54, 1.807) is 0 Å². The molecule has 0 heterocycles. The van der Waals surface area contributed by atoms with Crippen LogP contribution in [0.25, 0.3) is 0 Å². The highest BCUT2D eigenvalue weighted by atomic mass is 16.3. The fourth-order valence-electron chi connectivity index (χ4n) is 2.12. The minimum absolute atomic E-state index is 0.0451. The number of aliphatic hydroxyl groups is 3. The van der Waals surface area contributed by atoms with Crippen molar-refractivity contribution in [1.29, 1.82) is 0 Å². The molecule has 0 atom stereocenters. The highest BCUT2D eigenvalue weighted by Gasteiger charge is 2.10. The smallest absolute Gasteiger partial charge is 0.124 e. The SMILES string of the molecule is OCCNCc1cc(CNCCO)c(O)c(CNCCO)c1. The zero-order chi connectivity index (χ0) is 16.2. The molecule has 0 aliphatic rings. The molecule has 1 rings (SSSR count). The van der Waals surface area contributed by atoms with E-state index in [-0.39, 0.29) is 25.6 Å². The molecule has 22 heavy (non-hydrogen) atoms. The Hall–Kier alpha value is -1.22. The Balaban J connectivity index is 2.81. The van der Waals surface area contributed by atoms with Crippen LogP contribution in [0.4, 0.5) is 0 Å². The van der Waals surface area contributed by atoms with Crippen LogP contribution >= 0.6 is 0 Å². The highest BCUT2D eigenvalue weighted by Crippen LogP contribution is 2.25. The molecule has 0 spiro atoms. The lowest BCUT2D eigenvalue weighted by molar-refractivity contribution is 0.291. The molecule has 0 saturated heterocycles. The summed E-state index contributed by atoms with van der Waals surface area (Å²) in [7, 11) is 0. The molecule has 0 aliphatic heterocycles.